The fourth-order valence-corrected chi connectivity index (χ4v) is 2.68. The van der Waals surface area contributed by atoms with Crippen molar-refractivity contribution in [1.82, 2.24) is 14.8 Å². The van der Waals surface area contributed by atoms with Crippen LogP contribution in [0, 0.1) is 0 Å². The average molecular weight is 332 g/mol. The molecule has 2 heterocycles. The number of aliphatic hydroxyl groups is 1. The highest BCUT2D eigenvalue weighted by molar-refractivity contribution is 5.40. The van der Waals surface area contributed by atoms with E-state index in [1.807, 2.05) is 23.9 Å². The second-order valence-corrected chi connectivity index (χ2v) is 6.11. The van der Waals surface area contributed by atoms with E-state index < -0.39 is 17.8 Å². The Morgan fingerprint density at radius 3 is 2.35 bits per heavy atom. The van der Waals surface area contributed by atoms with E-state index in [4.69, 9.17) is 0 Å². The predicted molar refractivity (Wildman–Crippen MR) is 82.5 cm³/mol. The summed E-state index contributed by atoms with van der Waals surface area (Å²) >= 11 is 0. The van der Waals surface area contributed by atoms with Gasteiger partial charge in [0.2, 0.25) is 0 Å². The van der Waals surface area contributed by atoms with Crippen molar-refractivity contribution in [3.8, 4) is 0 Å². The van der Waals surface area contributed by atoms with Crippen LogP contribution in [-0.2, 0) is 6.18 Å². The summed E-state index contributed by atoms with van der Waals surface area (Å²) in [6.45, 7) is 4.10. The number of likely N-dealkylation sites (N-methyl/N-ethyl adjacent to an activating group) is 1. The lowest BCUT2D eigenvalue weighted by Gasteiger charge is -2.36. The van der Waals surface area contributed by atoms with E-state index in [-0.39, 0.29) is 0 Å². The number of nitrogens with zero attached hydrogens (tertiary/aromatic N) is 4. The molecule has 1 fully saturated rings. The van der Waals surface area contributed by atoms with E-state index in [0.29, 0.717) is 32.0 Å². The highest BCUT2D eigenvalue weighted by Gasteiger charge is 2.31. The summed E-state index contributed by atoms with van der Waals surface area (Å²) in [5.41, 5.74) is -0.730. The summed E-state index contributed by atoms with van der Waals surface area (Å²) in [6, 6.07) is 2.48. The minimum Gasteiger partial charge on any atom is -0.390 e. The van der Waals surface area contributed by atoms with Crippen LogP contribution in [-0.4, -0.2) is 79.4 Å². The van der Waals surface area contributed by atoms with Gasteiger partial charge in [0.25, 0.3) is 0 Å². The Hall–Kier alpha value is -1.38. The lowest BCUT2D eigenvalue weighted by molar-refractivity contribution is -0.137. The Bertz CT molecular complexity index is 484. The first kappa shape index (κ1) is 18.0. The summed E-state index contributed by atoms with van der Waals surface area (Å²) in [6.07, 6.45) is -3.88. The molecule has 1 aromatic rings. The number of aliphatic hydroxyl groups excluding tert-OH is 1. The molecule has 0 saturated carbocycles. The second kappa shape index (κ2) is 7.46. The summed E-state index contributed by atoms with van der Waals surface area (Å²) in [5.74, 6) is 0.562. The lowest BCUT2D eigenvalue weighted by Crippen LogP contribution is -2.49. The number of alkyl halides is 3. The van der Waals surface area contributed by atoms with Gasteiger partial charge in [-0.1, -0.05) is 0 Å². The zero-order chi connectivity index (χ0) is 17.0. The standard InChI is InChI=1S/C15H23F3N4O/c1-20(2)10-13(23)11-21-5-7-22(8-6-21)14-4-3-12(9-19-14)15(16,17)18/h3-4,9,13,23H,5-8,10-11H2,1-2H3. The van der Waals surface area contributed by atoms with Crippen LogP contribution < -0.4 is 4.90 Å². The zero-order valence-corrected chi connectivity index (χ0v) is 13.4. The van der Waals surface area contributed by atoms with Crippen LogP contribution in [0.25, 0.3) is 0 Å². The Balaban J connectivity index is 1.84. The molecule has 0 aromatic carbocycles. The number of hydrogen-bond donors (Lipinski definition) is 1. The third-order valence-electron chi connectivity index (χ3n) is 3.82. The van der Waals surface area contributed by atoms with E-state index in [2.05, 4.69) is 9.88 Å². The van der Waals surface area contributed by atoms with Crippen LogP contribution in [0.1, 0.15) is 5.56 Å². The third-order valence-corrected chi connectivity index (χ3v) is 3.82. The number of hydrogen-bond acceptors (Lipinski definition) is 5. The quantitative estimate of drug-likeness (QED) is 0.876. The number of pyridine rings is 1. The highest BCUT2D eigenvalue weighted by Crippen LogP contribution is 2.29. The molecule has 0 bridgehead atoms. The molecule has 130 valence electrons. The number of anilines is 1. The Morgan fingerprint density at radius 1 is 1.22 bits per heavy atom. The van der Waals surface area contributed by atoms with E-state index in [1.165, 1.54) is 6.07 Å². The maximum Gasteiger partial charge on any atom is 0.417 e. The number of piperazine rings is 1. The summed E-state index contributed by atoms with van der Waals surface area (Å²) in [4.78, 5) is 9.99. The maximum atomic E-state index is 12.5. The van der Waals surface area contributed by atoms with Gasteiger partial charge in [0.05, 0.1) is 11.7 Å². The van der Waals surface area contributed by atoms with Crippen molar-refractivity contribution in [2.75, 3.05) is 58.3 Å². The molecule has 0 radical (unpaired) electrons. The van der Waals surface area contributed by atoms with Crippen LogP contribution in [0.15, 0.2) is 18.3 Å². The van der Waals surface area contributed by atoms with Gasteiger partial charge < -0.3 is 14.9 Å². The first-order chi connectivity index (χ1) is 10.8. The van der Waals surface area contributed by atoms with Gasteiger partial charge in [0.1, 0.15) is 5.82 Å². The summed E-state index contributed by atoms with van der Waals surface area (Å²) in [5, 5.41) is 9.95. The summed E-state index contributed by atoms with van der Waals surface area (Å²) in [7, 11) is 3.83. The molecule has 1 aromatic heterocycles. The fraction of sp³-hybridized carbons (Fsp3) is 0.667. The molecule has 0 amide bonds. The normalized spacial score (nSPS) is 18.5. The molecule has 1 saturated heterocycles. The minimum absolute atomic E-state index is 0.402. The van der Waals surface area contributed by atoms with E-state index in [9.17, 15) is 18.3 Å². The molecule has 5 nitrogen and oxygen atoms in total. The molecule has 1 aliphatic rings. The number of β-amino-alcohol motifs (C(OH)–C–C–N with tert-alkyl or cyclic N) is 1. The molecular formula is C15H23F3N4O. The minimum atomic E-state index is -4.35. The number of rotatable bonds is 5. The van der Waals surface area contributed by atoms with Gasteiger partial charge in [-0.15, -0.1) is 0 Å². The third kappa shape index (κ3) is 5.33. The number of aromatic nitrogens is 1. The van der Waals surface area contributed by atoms with Crippen LogP contribution in [0.2, 0.25) is 0 Å². The van der Waals surface area contributed by atoms with Gasteiger partial charge in [-0.05, 0) is 26.2 Å². The molecule has 0 spiro atoms. The van der Waals surface area contributed by atoms with Gasteiger partial charge in [-0.3, -0.25) is 4.90 Å². The van der Waals surface area contributed by atoms with Crippen molar-refractivity contribution in [3.05, 3.63) is 23.9 Å². The first-order valence-electron chi connectivity index (χ1n) is 7.59. The molecular weight excluding hydrogens is 309 g/mol. The van der Waals surface area contributed by atoms with Gasteiger partial charge in [-0.2, -0.15) is 13.2 Å². The maximum absolute atomic E-state index is 12.5. The van der Waals surface area contributed by atoms with Crippen molar-refractivity contribution in [2.24, 2.45) is 0 Å². The van der Waals surface area contributed by atoms with E-state index >= 15 is 0 Å². The van der Waals surface area contributed by atoms with E-state index in [1.54, 1.807) is 0 Å². The van der Waals surface area contributed by atoms with Crippen molar-refractivity contribution in [3.63, 3.8) is 0 Å². The van der Waals surface area contributed by atoms with E-state index in [0.717, 1.165) is 25.4 Å². The second-order valence-electron chi connectivity index (χ2n) is 6.11. The Labute approximate surface area is 134 Å². The van der Waals surface area contributed by atoms with Crippen molar-refractivity contribution in [2.45, 2.75) is 12.3 Å². The lowest BCUT2D eigenvalue weighted by atomic mass is 10.2. The Morgan fingerprint density at radius 2 is 1.87 bits per heavy atom. The molecule has 8 heteroatoms. The van der Waals surface area contributed by atoms with Gasteiger partial charge >= 0.3 is 6.18 Å². The molecule has 0 aliphatic carbocycles. The van der Waals surface area contributed by atoms with Gasteiger partial charge in [0.15, 0.2) is 0 Å². The molecule has 23 heavy (non-hydrogen) atoms. The number of halogens is 3. The monoisotopic (exact) mass is 332 g/mol. The van der Waals surface area contributed by atoms with Crippen LogP contribution >= 0.6 is 0 Å². The molecule has 1 N–H and O–H groups in total. The summed E-state index contributed by atoms with van der Waals surface area (Å²) < 4.78 is 37.6. The highest BCUT2D eigenvalue weighted by atomic mass is 19.4. The molecule has 1 unspecified atom stereocenters. The first-order valence-corrected chi connectivity index (χ1v) is 7.59. The van der Waals surface area contributed by atoms with Crippen molar-refractivity contribution < 1.29 is 18.3 Å². The fourth-order valence-electron chi connectivity index (χ4n) is 2.68. The smallest absolute Gasteiger partial charge is 0.390 e. The van der Waals surface area contributed by atoms with Gasteiger partial charge in [-0.25, -0.2) is 4.98 Å². The SMILES string of the molecule is CN(C)CC(O)CN1CCN(c2ccc(C(F)(F)F)cn2)CC1. The Kier molecular flexibility index (Phi) is 5.83. The molecule has 1 atom stereocenters. The van der Waals surface area contributed by atoms with Crippen LogP contribution in [0.4, 0.5) is 19.0 Å². The largest absolute Gasteiger partial charge is 0.417 e. The van der Waals surface area contributed by atoms with Crippen molar-refractivity contribution >= 4 is 5.82 Å². The molecule has 2 rings (SSSR count). The topological polar surface area (TPSA) is 42.8 Å². The van der Waals surface area contributed by atoms with Crippen molar-refractivity contribution in [1.29, 1.82) is 0 Å². The van der Waals surface area contributed by atoms with Gasteiger partial charge in [0, 0.05) is 45.5 Å². The van der Waals surface area contributed by atoms with Crippen LogP contribution in [0.5, 0.6) is 0 Å². The molecule has 1 aliphatic heterocycles. The predicted octanol–water partition coefficient (Wildman–Crippen LogP) is 1.14. The zero-order valence-electron chi connectivity index (χ0n) is 13.4. The van der Waals surface area contributed by atoms with Crippen LogP contribution in [0.3, 0.4) is 0 Å². The average Bonchev–Trinajstić information content (AvgIpc) is 2.46.